The van der Waals surface area contributed by atoms with Crippen LogP contribution in [0.1, 0.15) is 47.7 Å². The first-order valence-corrected chi connectivity index (χ1v) is 11.2. The Hall–Kier alpha value is -3.13. The number of carbonyl (C=O) groups excluding carboxylic acids is 1. The molecule has 0 bridgehead atoms. The van der Waals surface area contributed by atoms with Gasteiger partial charge in [-0.2, -0.15) is 0 Å². The molecule has 2 atom stereocenters. The number of phenols is 1. The number of nitrogens with one attached hydrogen (secondary N) is 2. The Morgan fingerprint density at radius 3 is 2.81 bits per heavy atom. The van der Waals surface area contributed by atoms with Gasteiger partial charge in [0.05, 0.1) is 12.1 Å². The van der Waals surface area contributed by atoms with Gasteiger partial charge in [0.25, 0.3) is 5.91 Å². The van der Waals surface area contributed by atoms with Gasteiger partial charge in [-0.05, 0) is 68.0 Å². The Morgan fingerprint density at radius 2 is 2.09 bits per heavy atom. The van der Waals surface area contributed by atoms with Gasteiger partial charge in [0, 0.05) is 38.0 Å². The molecule has 4 N–H and O–H groups in total. The highest BCUT2D eigenvalue weighted by Crippen LogP contribution is 2.25. The molecule has 8 heteroatoms. The fraction of sp³-hybridized carbons (Fsp3) is 0.458. The molecular weight excluding hydrogens is 406 g/mol. The van der Waals surface area contributed by atoms with Crippen molar-refractivity contribution in [3.8, 4) is 5.75 Å². The average Bonchev–Trinajstić information content (AvgIpc) is 2.78. The summed E-state index contributed by atoms with van der Waals surface area (Å²) >= 11 is 0. The Kier molecular flexibility index (Phi) is 6.60. The molecule has 2 heterocycles. The van der Waals surface area contributed by atoms with E-state index < -0.39 is 6.10 Å². The number of phenolic OH excluding ortho intramolecular Hbond substituents is 1. The van der Waals surface area contributed by atoms with E-state index in [4.69, 9.17) is 0 Å². The summed E-state index contributed by atoms with van der Waals surface area (Å²) in [6, 6.07) is 8.75. The van der Waals surface area contributed by atoms with Crippen molar-refractivity contribution in [1.29, 1.82) is 0 Å². The normalized spacial score (nSPS) is 18.4. The number of aromatic nitrogens is 1. The van der Waals surface area contributed by atoms with Gasteiger partial charge in [-0.1, -0.05) is 6.07 Å². The first-order valence-electron chi connectivity index (χ1n) is 11.2. The molecule has 2 aliphatic rings. The molecular formula is C24H31N5O3. The molecule has 170 valence electrons. The van der Waals surface area contributed by atoms with E-state index in [2.05, 4.69) is 20.6 Å². The predicted molar refractivity (Wildman–Crippen MR) is 126 cm³/mol. The number of hydrogen-bond acceptors (Lipinski definition) is 7. The zero-order chi connectivity index (χ0) is 22.7. The van der Waals surface area contributed by atoms with Gasteiger partial charge in [0.2, 0.25) is 0 Å². The van der Waals surface area contributed by atoms with Gasteiger partial charge in [-0.25, -0.2) is 4.98 Å². The third-order valence-corrected chi connectivity index (χ3v) is 6.28. The number of fused-ring (bicyclic) bond motifs is 1. The van der Waals surface area contributed by atoms with Gasteiger partial charge < -0.3 is 25.7 Å². The minimum Gasteiger partial charge on any atom is -0.508 e. The number of aliphatic hydroxyl groups excluding tert-OH is 1. The first-order chi connectivity index (χ1) is 15.4. The lowest BCUT2D eigenvalue weighted by Crippen LogP contribution is -2.40. The molecule has 0 radical (unpaired) electrons. The van der Waals surface area contributed by atoms with E-state index in [1.165, 1.54) is 6.42 Å². The number of aromatic hydroxyl groups is 1. The van der Waals surface area contributed by atoms with Crippen LogP contribution in [0.3, 0.4) is 0 Å². The molecule has 1 amide bonds. The van der Waals surface area contributed by atoms with Crippen molar-refractivity contribution in [2.45, 2.75) is 50.8 Å². The van der Waals surface area contributed by atoms with E-state index in [1.54, 1.807) is 30.5 Å². The predicted octanol–water partition coefficient (Wildman–Crippen LogP) is 2.34. The van der Waals surface area contributed by atoms with E-state index >= 15 is 0 Å². The van der Waals surface area contributed by atoms with Crippen molar-refractivity contribution in [1.82, 2.24) is 10.3 Å². The SMILES string of the molecule is CCN(C)c1cc(C(=O)NC[C@@H](O)C2Cc3ccc(O)cc3C=N2)cc(NC2CCC2)n1. The van der Waals surface area contributed by atoms with Crippen LogP contribution in [0, 0.1) is 0 Å². The van der Waals surface area contributed by atoms with Crippen molar-refractivity contribution in [2.75, 3.05) is 30.4 Å². The van der Waals surface area contributed by atoms with Crippen molar-refractivity contribution in [3.05, 3.63) is 47.0 Å². The van der Waals surface area contributed by atoms with Crippen molar-refractivity contribution in [2.24, 2.45) is 4.99 Å². The molecule has 1 saturated carbocycles. The van der Waals surface area contributed by atoms with Gasteiger partial charge in [-0.15, -0.1) is 0 Å². The molecule has 1 aliphatic heterocycles. The quantitative estimate of drug-likeness (QED) is 0.505. The number of nitrogens with zero attached hydrogens (tertiary/aromatic N) is 3. The third-order valence-electron chi connectivity index (χ3n) is 6.28. The van der Waals surface area contributed by atoms with Crippen LogP contribution < -0.4 is 15.5 Å². The zero-order valence-electron chi connectivity index (χ0n) is 18.6. The fourth-order valence-corrected chi connectivity index (χ4v) is 3.85. The maximum Gasteiger partial charge on any atom is 0.251 e. The Morgan fingerprint density at radius 1 is 1.28 bits per heavy atom. The number of aliphatic imine (C=N–C) groups is 1. The lowest BCUT2D eigenvalue weighted by Gasteiger charge is -2.28. The van der Waals surface area contributed by atoms with Crippen LogP contribution in [0.4, 0.5) is 11.6 Å². The van der Waals surface area contributed by atoms with Crippen molar-refractivity contribution >= 4 is 23.8 Å². The Labute approximate surface area is 188 Å². The summed E-state index contributed by atoms with van der Waals surface area (Å²) in [5, 5.41) is 26.5. The summed E-state index contributed by atoms with van der Waals surface area (Å²) in [5.74, 6) is 1.38. The zero-order valence-corrected chi connectivity index (χ0v) is 18.6. The van der Waals surface area contributed by atoms with Crippen LogP contribution in [0.25, 0.3) is 0 Å². The fourth-order valence-electron chi connectivity index (χ4n) is 3.85. The highest BCUT2D eigenvalue weighted by Gasteiger charge is 2.24. The minimum atomic E-state index is -0.815. The topological polar surface area (TPSA) is 110 Å². The van der Waals surface area contributed by atoms with Gasteiger partial charge >= 0.3 is 0 Å². The van der Waals surface area contributed by atoms with Crippen LogP contribution in [0.5, 0.6) is 5.75 Å². The van der Waals surface area contributed by atoms with Gasteiger partial charge in [0.15, 0.2) is 0 Å². The average molecular weight is 438 g/mol. The molecule has 8 nitrogen and oxygen atoms in total. The molecule has 2 aromatic rings. The first kappa shape index (κ1) is 22.1. The number of carbonyl (C=O) groups is 1. The maximum atomic E-state index is 12.9. The molecule has 0 spiro atoms. The summed E-state index contributed by atoms with van der Waals surface area (Å²) in [6.45, 7) is 2.91. The standard InChI is InChI=1S/C24H31N5O3/c1-3-29(2)23-12-16(11-22(28-23)27-18-5-4-6-18)24(32)26-14-21(31)20-10-15-7-8-19(30)9-17(15)13-25-20/h7-9,11-13,18,20-21,30-31H,3-6,10,14H2,1-2H3,(H,26,32)(H,27,28)/t20?,21-/m1/s1. The molecule has 1 aromatic heterocycles. The number of anilines is 2. The summed E-state index contributed by atoms with van der Waals surface area (Å²) in [5.41, 5.74) is 2.38. The summed E-state index contributed by atoms with van der Waals surface area (Å²) in [6.07, 6.45) is 4.86. The molecule has 32 heavy (non-hydrogen) atoms. The number of pyridine rings is 1. The Balaban J connectivity index is 1.40. The molecule has 1 aliphatic carbocycles. The second-order valence-electron chi connectivity index (χ2n) is 8.60. The largest absolute Gasteiger partial charge is 0.508 e. The molecule has 1 unspecified atom stereocenters. The number of rotatable bonds is 8. The number of hydrogen-bond donors (Lipinski definition) is 4. The molecule has 1 fully saturated rings. The number of aliphatic hydroxyl groups is 1. The van der Waals surface area contributed by atoms with Crippen LogP contribution in [0.15, 0.2) is 35.3 Å². The monoisotopic (exact) mass is 437 g/mol. The highest BCUT2D eigenvalue weighted by atomic mass is 16.3. The third kappa shape index (κ3) is 5.02. The van der Waals surface area contributed by atoms with E-state index in [0.717, 1.165) is 36.3 Å². The minimum absolute atomic E-state index is 0.0981. The molecule has 0 saturated heterocycles. The maximum absolute atomic E-state index is 12.9. The van der Waals surface area contributed by atoms with Crippen LogP contribution >= 0.6 is 0 Å². The van der Waals surface area contributed by atoms with E-state index in [-0.39, 0.29) is 24.2 Å². The van der Waals surface area contributed by atoms with E-state index in [0.29, 0.717) is 23.8 Å². The summed E-state index contributed by atoms with van der Waals surface area (Å²) in [4.78, 5) is 23.9. The summed E-state index contributed by atoms with van der Waals surface area (Å²) in [7, 11) is 1.94. The second-order valence-corrected chi connectivity index (χ2v) is 8.60. The second kappa shape index (κ2) is 9.56. The van der Waals surface area contributed by atoms with E-state index in [9.17, 15) is 15.0 Å². The van der Waals surface area contributed by atoms with Crippen molar-refractivity contribution in [3.63, 3.8) is 0 Å². The summed E-state index contributed by atoms with van der Waals surface area (Å²) < 4.78 is 0. The van der Waals surface area contributed by atoms with E-state index in [1.807, 2.05) is 24.9 Å². The van der Waals surface area contributed by atoms with Gasteiger partial charge in [-0.3, -0.25) is 9.79 Å². The van der Waals surface area contributed by atoms with Crippen LogP contribution in [-0.4, -0.2) is 65.6 Å². The van der Waals surface area contributed by atoms with Crippen LogP contribution in [0.2, 0.25) is 0 Å². The highest BCUT2D eigenvalue weighted by molar-refractivity contribution is 5.95. The lowest BCUT2D eigenvalue weighted by molar-refractivity contribution is 0.0897. The van der Waals surface area contributed by atoms with Crippen LogP contribution in [-0.2, 0) is 6.42 Å². The van der Waals surface area contributed by atoms with Crippen molar-refractivity contribution < 1.29 is 15.0 Å². The Bertz CT molecular complexity index is 1010. The smallest absolute Gasteiger partial charge is 0.251 e. The number of amides is 1. The lowest BCUT2D eigenvalue weighted by atomic mass is 9.93. The molecule has 4 rings (SSSR count). The molecule has 1 aromatic carbocycles. The number of benzene rings is 1. The van der Waals surface area contributed by atoms with Gasteiger partial charge in [0.1, 0.15) is 17.4 Å².